The Hall–Kier alpha value is -2.40. The number of carboxylic acid groups (broad SMARTS) is 1. The Balaban J connectivity index is 1.67. The lowest BCUT2D eigenvalue weighted by Crippen LogP contribution is -2.63. The van der Waals surface area contributed by atoms with Gasteiger partial charge in [-0.05, 0) is 48.9 Å². The van der Waals surface area contributed by atoms with Gasteiger partial charge in [0.25, 0.3) is 0 Å². The number of carboxylic acids is 1. The second kappa shape index (κ2) is 7.69. The van der Waals surface area contributed by atoms with Gasteiger partial charge in [-0.15, -0.1) is 0 Å². The number of aryl methyl sites for hydroxylation is 1. The maximum Gasteiger partial charge on any atom is 0.315 e. The van der Waals surface area contributed by atoms with Crippen LogP contribution in [0.5, 0.6) is 5.75 Å². The summed E-state index contributed by atoms with van der Waals surface area (Å²) in [7, 11) is -1.53. The van der Waals surface area contributed by atoms with Crippen LogP contribution in [0.1, 0.15) is 11.1 Å². The number of carbonyl (C=O) groups is 1. The first-order valence-corrected chi connectivity index (χ1v) is 9.62. The number of nitriles is 1. The van der Waals surface area contributed by atoms with Crippen molar-refractivity contribution in [3.05, 3.63) is 58.6 Å². The van der Waals surface area contributed by atoms with Crippen LogP contribution in [-0.4, -0.2) is 39.3 Å². The zero-order chi connectivity index (χ0) is 19.6. The van der Waals surface area contributed by atoms with Gasteiger partial charge < -0.3 is 9.84 Å². The number of ether oxygens (including phenoxy) is 1. The fourth-order valence-corrected chi connectivity index (χ4v) is 4.62. The number of hydrogen-bond donors (Lipinski definition) is 1. The molecule has 1 unspecified atom stereocenters. The lowest BCUT2D eigenvalue weighted by molar-refractivity contribution is -0.158. The Morgan fingerprint density at radius 1 is 1.33 bits per heavy atom. The van der Waals surface area contributed by atoms with Crippen molar-refractivity contribution >= 4 is 28.6 Å². The van der Waals surface area contributed by atoms with Gasteiger partial charge in [0, 0.05) is 13.1 Å². The Labute approximate surface area is 164 Å². The van der Waals surface area contributed by atoms with Crippen molar-refractivity contribution in [3.8, 4) is 11.8 Å². The van der Waals surface area contributed by atoms with E-state index in [0.29, 0.717) is 21.2 Å². The maximum absolute atomic E-state index is 12.7. The van der Waals surface area contributed by atoms with E-state index in [2.05, 4.69) is 0 Å². The molecule has 6 nitrogen and oxygen atoms in total. The molecule has 0 aliphatic carbocycles. The SMILES string of the molecule is Cc1ccc(S(=O)N2CC(COc3ccc(C#N)cc3)(C(=O)O)C2)c(Cl)c1. The molecule has 1 fully saturated rings. The fourth-order valence-electron chi connectivity index (χ4n) is 2.77. The van der Waals surface area contributed by atoms with Crippen molar-refractivity contribution in [3.63, 3.8) is 0 Å². The number of halogens is 1. The summed E-state index contributed by atoms with van der Waals surface area (Å²) in [5.74, 6) is -0.518. The van der Waals surface area contributed by atoms with E-state index in [1.807, 2.05) is 19.1 Å². The Morgan fingerprint density at radius 2 is 2.00 bits per heavy atom. The number of nitrogens with zero attached hydrogens (tertiary/aromatic N) is 2. The second-order valence-electron chi connectivity index (χ2n) is 6.49. The van der Waals surface area contributed by atoms with Gasteiger partial charge >= 0.3 is 5.97 Å². The van der Waals surface area contributed by atoms with Crippen molar-refractivity contribution in [2.75, 3.05) is 19.7 Å². The van der Waals surface area contributed by atoms with Crippen molar-refractivity contribution in [1.29, 1.82) is 5.26 Å². The van der Waals surface area contributed by atoms with E-state index >= 15 is 0 Å². The molecule has 1 saturated heterocycles. The average molecular weight is 405 g/mol. The van der Waals surface area contributed by atoms with E-state index < -0.39 is 22.4 Å². The van der Waals surface area contributed by atoms with E-state index in [1.54, 1.807) is 40.7 Å². The maximum atomic E-state index is 12.7. The number of rotatable bonds is 6. The molecule has 0 spiro atoms. The lowest BCUT2D eigenvalue weighted by Gasteiger charge is -2.45. The third-order valence-corrected chi connectivity index (χ3v) is 6.30. The lowest BCUT2D eigenvalue weighted by atomic mass is 9.83. The van der Waals surface area contributed by atoms with E-state index in [0.717, 1.165) is 5.56 Å². The molecule has 1 N–H and O–H groups in total. The standard InChI is InChI=1S/C19H17ClN2O4S/c1-13-2-7-17(16(20)8-13)27(25)22-10-19(11-22,18(23)24)12-26-15-5-3-14(9-21)4-6-15/h2-8H,10-12H2,1H3,(H,23,24). The van der Waals surface area contributed by atoms with E-state index in [-0.39, 0.29) is 19.7 Å². The molecule has 27 heavy (non-hydrogen) atoms. The number of benzene rings is 2. The Morgan fingerprint density at radius 3 is 2.56 bits per heavy atom. The van der Waals surface area contributed by atoms with Crippen LogP contribution in [0.25, 0.3) is 0 Å². The molecule has 1 aliphatic rings. The van der Waals surface area contributed by atoms with Crippen LogP contribution >= 0.6 is 11.6 Å². The second-order valence-corrected chi connectivity index (χ2v) is 8.35. The highest BCUT2D eigenvalue weighted by atomic mass is 35.5. The van der Waals surface area contributed by atoms with Gasteiger partial charge in [0.05, 0.1) is 21.6 Å². The van der Waals surface area contributed by atoms with Crippen molar-refractivity contribution in [2.45, 2.75) is 11.8 Å². The largest absolute Gasteiger partial charge is 0.492 e. The predicted octanol–water partition coefficient (Wildman–Crippen LogP) is 3.01. The van der Waals surface area contributed by atoms with Gasteiger partial charge in [-0.3, -0.25) is 4.79 Å². The van der Waals surface area contributed by atoms with Crippen LogP contribution in [0.15, 0.2) is 47.4 Å². The summed E-state index contributed by atoms with van der Waals surface area (Å²) < 4.78 is 19.9. The van der Waals surface area contributed by atoms with E-state index in [9.17, 15) is 14.1 Å². The van der Waals surface area contributed by atoms with Gasteiger partial charge in [-0.1, -0.05) is 17.7 Å². The Bertz CT molecular complexity index is 934. The molecule has 2 aromatic carbocycles. The zero-order valence-electron chi connectivity index (χ0n) is 14.5. The van der Waals surface area contributed by atoms with Gasteiger partial charge in [-0.25, -0.2) is 8.51 Å². The summed E-state index contributed by atoms with van der Waals surface area (Å²) in [6, 6.07) is 13.7. The quantitative estimate of drug-likeness (QED) is 0.799. The molecule has 0 radical (unpaired) electrons. The molecule has 1 aliphatic heterocycles. The summed E-state index contributed by atoms with van der Waals surface area (Å²) in [5, 5.41) is 18.8. The summed E-state index contributed by atoms with van der Waals surface area (Å²) in [6.45, 7) is 2.02. The van der Waals surface area contributed by atoms with Crippen molar-refractivity contribution < 1.29 is 18.8 Å². The summed E-state index contributed by atoms with van der Waals surface area (Å²) >= 11 is 6.17. The van der Waals surface area contributed by atoms with E-state index in [4.69, 9.17) is 21.6 Å². The zero-order valence-corrected chi connectivity index (χ0v) is 16.1. The molecule has 1 heterocycles. The molecule has 3 rings (SSSR count). The van der Waals surface area contributed by atoms with E-state index in [1.165, 1.54) is 0 Å². The summed E-state index contributed by atoms with van der Waals surface area (Å²) in [6.07, 6.45) is 0. The molecular weight excluding hydrogens is 388 g/mol. The molecule has 0 amide bonds. The molecular formula is C19H17ClN2O4S. The minimum Gasteiger partial charge on any atom is -0.492 e. The third kappa shape index (κ3) is 3.98. The molecule has 1 atom stereocenters. The predicted molar refractivity (Wildman–Crippen MR) is 101 cm³/mol. The molecule has 0 aromatic heterocycles. The molecule has 2 aromatic rings. The first-order chi connectivity index (χ1) is 12.8. The van der Waals surface area contributed by atoms with Crippen LogP contribution < -0.4 is 4.74 Å². The van der Waals surface area contributed by atoms with Gasteiger partial charge in [0.2, 0.25) is 0 Å². The van der Waals surface area contributed by atoms with Crippen LogP contribution in [0.4, 0.5) is 0 Å². The van der Waals surface area contributed by atoms with Crippen molar-refractivity contribution in [1.82, 2.24) is 4.31 Å². The van der Waals surface area contributed by atoms with Crippen LogP contribution in [-0.2, 0) is 15.8 Å². The summed E-state index contributed by atoms with van der Waals surface area (Å²) in [4.78, 5) is 12.2. The minimum atomic E-state index is -1.53. The topological polar surface area (TPSA) is 90.6 Å². The fraction of sp³-hybridized carbons (Fsp3) is 0.263. The van der Waals surface area contributed by atoms with Crippen LogP contribution in [0, 0.1) is 23.7 Å². The highest BCUT2D eigenvalue weighted by Crippen LogP contribution is 2.36. The van der Waals surface area contributed by atoms with Crippen LogP contribution in [0.3, 0.4) is 0 Å². The monoisotopic (exact) mass is 404 g/mol. The third-order valence-electron chi connectivity index (χ3n) is 4.42. The molecule has 0 saturated carbocycles. The molecule has 0 bridgehead atoms. The van der Waals surface area contributed by atoms with Gasteiger partial charge in [0.1, 0.15) is 28.8 Å². The van der Waals surface area contributed by atoms with Gasteiger partial charge in [-0.2, -0.15) is 5.26 Å². The van der Waals surface area contributed by atoms with Crippen LogP contribution in [0.2, 0.25) is 5.02 Å². The molecule has 140 valence electrons. The Kier molecular flexibility index (Phi) is 5.51. The average Bonchev–Trinajstić information content (AvgIpc) is 2.60. The van der Waals surface area contributed by atoms with Gasteiger partial charge in [0.15, 0.2) is 0 Å². The number of hydrogen-bond acceptors (Lipinski definition) is 4. The first-order valence-electron chi connectivity index (χ1n) is 8.14. The summed E-state index contributed by atoms with van der Waals surface area (Å²) in [5.41, 5.74) is 0.316. The number of aliphatic carboxylic acids is 1. The minimum absolute atomic E-state index is 0.0520. The highest BCUT2D eigenvalue weighted by molar-refractivity contribution is 7.82. The van der Waals surface area contributed by atoms with Crippen molar-refractivity contribution in [2.24, 2.45) is 5.41 Å². The smallest absolute Gasteiger partial charge is 0.315 e. The normalized spacial score (nSPS) is 16.8. The molecule has 8 heteroatoms. The highest BCUT2D eigenvalue weighted by Gasteiger charge is 2.52. The first kappa shape index (κ1) is 19.4.